The fourth-order valence-electron chi connectivity index (χ4n) is 2.01. The van der Waals surface area contributed by atoms with E-state index in [2.05, 4.69) is 35.5 Å². The molecule has 0 aliphatic rings. The summed E-state index contributed by atoms with van der Waals surface area (Å²) in [4.78, 5) is 0. The van der Waals surface area contributed by atoms with E-state index in [1.54, 1.807) is 6.33 Å². The van der Waals surface area contributed by atoms with Gasteiger partial charge >= 0.3 is 0 Å². The predicted molar refractivity (Wildman–Crippen MR) is 58.4 cm³/mol. The quantitative estimate of drug-likeness (QED) is 0.708. The van der Waals surface area contributed by atoms with Crippen molar-refractivity contribution < 1.29 is 0 Å². The molecule has 3 nitrogen and oxygen atoms in total. The Balaban J connectivity index is 3.09. The number of alkyl halides is 1. The van der Waals surface area contributed by atoms with Crippen LogP contribution in [0.15, 0.2) is 6.33 Å². The summed E-state index contributed by atoms with van der Waals surface area (Å²) in [6, 6.07) is 0. The van der Waals surface area contributed by atoms with Crippen LogP contribution in [0.2, 0.25) is 0 Å². The maximum Gasteiger partial charge on any atom is 0.148 e. The molecule has 1 rings (SSSR count). The van der Waals surface area contributed by atoms with Crippen molar-refractivity contribution >= 4 is 11.6 Å². The molecule has 0 radical (unpaired) electrons. The second kappa shape index (κ2) is 4.78. The standard InChI is InChI=1S/C10H18ClN3/c1-4-10(5-2,6-3)14-8-12-13-9(14)7-11/h8H,4-7H2,1-3H3. The number of rotatable bonds is 5. The van der Waals surface area contributed by atoms with Crippen molar-refractivity contribution in [2.24, 2.45) is 0 Å². The number of hydrogen-bond acceptors (Lipinski definition) is 2. The van der Waals surface area contributed by atoms with Gasteiger partial charge in [-0.15, -0.1) is 21.8 Å². The van der Waals surface area contributed by atoms with Crippen LogP contribution in [-0.2, 0) is 11.4 Å². The number of halogens is 1. The van der Waals surface area contributed by atoms with Gasteiger partial charge in [0.15, 0.2) is 0 Å². The maximum absolute atomic E-state index is 5.83. The zero-order valence-corrected chi connectivity index (χ0v) is 9.88. The first-order valence-electron chi connectivity index (χ1n) is 5.19. The van der Waals surface area contributed by atoms with Gasteiger partial charge in [0.25, 0.3) is 0 Å². The molecule has 1 aromatic rings. The molecular formula is C10H18ClN3. The minimum Gasteiger partial charge on any atom is -0.310 e. The predicted octanol–water partition coefficient (Wildman–Crippen LogP) is 2.94. The Labute approximate surface area is 90.5 Å². The van der Waals surface area contributed by atoms with Crippen LogP contribution in [0, 0.1) is 0 Å². The van der Waals surface area contributed by atoms with Gasteiger partial charge in [0.05, 0.1) is 5.88 Å². The van der Waals surface area contributed by atoms with E-state index in [1.165, 1.54) is 0 Å². The minimum absolute atomic E-state index is 0.147. The molecule has 0 atom stereocenters. The highest BCUT2D eigenvalue weighted by Crippen LogP contribution is 2.29. The van der Waals surface area contributed by atoms with Crippen LogP contribution in [0.5, 0.6) is 0 Å². The smallest absolute Gasteiger partial charge is 0.148 e. The lowest BCUT2D eigenvalue weighted by Crippen LogP contribution is -2.32. The van der Waals surface area contributed by atoms with Gasteiger partial charge in [0.1, 0.15) is 12.2 Å². The third-order valence-corrected chi connectivity index (χ3v) is 3.46. The molecular weight excluding hydrogens is 198 g/mol. The van der Waals surface area contributed by atoms with E-state index in [-0.39, 0.29) is 5.54 Å². The number of hydrogen-bond donors (Lipinski definition) is 0. The monoisotopic (exact) mass is 215 g/mol. The van der Waals surface area contributed by atoms with E-state index >= 15 is 0 Å². The summed E-state index contributed by atoms with van der Waals surface area (Å²) in [5.74, 6) is 1.30. The summed E-state index contributed by atoms with van der Waals surface area (Å²) < 4.78 is 2.14. The van der Waals surface area contributed by atoms with Crippen LogP contribution in [0.25, 0.3) is 0 Å². The molecule has 0 spiro atoms. The zero-order chi connectivity index (χ0) is 10.6. The third-order valence-electron chi connectivity index (χ3n) is 3.22. The summed E-state index contributed by atoms with van der Waals surface area (Å²) in [5.41, 5.74) is 0.147. The Kier molecular flexibility index (Phi) is 3.93. The van der Waals surface area contributed by atoms with Crippen LogP contribution < -0.4 is 0 Å². The molecule has 80 valence electrons. The minimum atomic E-state index is 0.147. The lowest BCUT2D eigenvalue weighted by atomic mass is 9.89. The summed E-state index contributed by atoms with van der Waals surface area (Å²) in [7, 11) is 0. The fourth-order valence-corrected chi connectivity index (χ4v) is 2.19. The van der Waals surface area contributed by atoms with E-state index in [0.29, 0.717) is 5.88 Å². The molecule has 14 heavy (non-hydrogen) atoms. The normalized spacial score (nSPS) is 12.0. The van der Waals surface area contributed by atoms with Crippen molar-refractivity contribution in [2.75, 3.05) is 0 Å². The average molecular weight is 216 g/mol. The second-order valence-corrected chi connectivity index (χ2v) is 3.80. The van der Waals surface area contributed by atoms with E-state index in [0.717, 1.165) is 25.1 Å². The number of aromatic nitrogens is 3. The highest BCUT2D eigenvalue weighted by atomic mass is 35.5. The molecule has 4 heteroatoms. The molecule has 0 saturated heterocycles. The zero-order valence-electron chi connectivity index (χ0n) is 9.13. The summed E-state index contributed by atoms with van der Waals surface area (Å²) in [5, 5.41) is 7.96. The highest BCUT2D eigenvalue weighted by Gasteiger charge is 2.28. The Morgan fingerprint density at radius 3 is 2.29 bits per heavy atom. The second-order valence-electron chi connectivity index (χ2n) is 3.54. The molecule has 0 saturated carbocycles. The molecule has 0 fully saturated rings. The molecule has 0 aliphatic carbocycles. The SMILES string of the molecule is CCC(CC)(CC)n1cnnc1CCl. The van der Waals surface area contributed by atoms with Crippen LogP contribution >= 0.6 is 11.6 Å². The molecule has 0 unspecified atom stereocenters. The number of nitrogens with zero attached hydrogens (tertiary/aromatic N) is 3. The Hall–Kier alpha value is -0.570. The van der Waals surface area contributed by atoms with E-state index < -0.39 is 0 Å². The summed E-state index contributed by atoms with van der Waals surface area (Å²) in [6.07, 6.45) is 5.06. The summed E-state index contributed by atoms with van der Waals surface area (Å²) >= 11 is 5.83. The lowest BCUT2D eigenvalue weighted by molar-refractivity contribution is 0.244. The first kappa shape index (κ1) is 11.5. The first-order valence-corrected chi connectivity index (χ1v) is 5.72. The molecule has 0 bridgehead atoms. The fraction of sp³-hybridized carbons (Fsp3) is 0.800. The Bertz CT molecular complexity index is 270. The first-order chi connectivity index (χ1) is 6.74. The largest absolute Gasteiger partial charge is 0.310 e. The molecule has 1 aromatic heterocycles. The summed E-state index contributed by atoms with van der Waals surface area (Å²) in [6.45, 7) is 6.60. The maximum atomic E-state index is 5.83. The lowest BCUT2D eigenvalue weighted by Gasteiger charge is -2.32. The van der Waals surface area contributed by atoms with Crippen molar-refractivity contribution in [1.29, 1.82) is 0 Å². The van der Waals surface area contributed by atoms with Crippen molar-refractivity contribution in [3.05, 3.63) is 12.2 Å². The van der Waals surface area contributed by atoms with E-state index in [9.17, 15) is 0 Å². The van der Waals surface area contributed by atoms with Crippen LogP contribution in [0.4, 0.5) is 0 Å². The molecule has 0 aromatic carbocycles. The Morgan fingerprint density at radius 2 is 1.86 bits per heavy atom. The van der Waals surface area contributed by atoms with Gasteiger partial charge in [0.2, 0.25) is 0 Å². The molecule has 0 aliphatic heterocycles. The van der Waals surface area contributed by atoms with Gasteiger partial charge in [0, 0.05) is 5.54 Å². The van der Waals surface area contributed by atoms with Crippen LogP contribution in [0.1, 0.15) is 45.9 Å². The van der Waals surface area contributed by atoms with Crippen molar-refractivity contribution in [3.8, 4) is 0 Å². The van der Waals surface area contributed by atoms with E-state index in [4.69, 9.17) is 11.6 Å². The average Bonchev–Trinajstić information content (AvgIpc) is 2.70. The Morgan fingerprint density at radius 1 is 1.29 bits per heavy atom. The molecule has 1 heterocycles. The molecule has 0 amide bonds. The van der Waals surface area contributed by atoms with E-state index in [1.807, 2.05) is 0 Å². The van der Waals surface area contributed by atoms with Gasteiger partial charge in [-0.2, -0.15) is 0 Å². The van der Waals surface area contributed by atoms with Gasteiger partial charge in [-0.1, -0.05) is 20.8 Å². The van der Waals surface area contributed by atoms with Gasteiger partial charge < -0.3 is 4.57 Å². The van der Waals surface area contributed by atoms with Gasteiger partial charge in [-0.05, 0) is 19.3 Å². The highest BCUT2D eigenvalue weighted by molar-refractivity contribution is 6.16. The molecule has 0 N–H and O–H groups in total. The van der Waals surface area contributed by atoms with Crippen molar-refractivity contribution in [1.82, 2.24) is 14.8 Å². The third kappa shape index (κ3) is 1.78. The van der Waals surface area contributed by atoms with Gasteiger partial charge in [-0.25, -0.2) is 0 Å². The van der Waals surface area contributed by atoms with Gasteiger partial charge in [-0.3, -0.25) is 0 Å². The van der Waals surface area contributed by atoms with Crippen molar-refractivity contribution in [3.63, 3.8) is 0 Å². The van der Waals surface area contributed by atoms with Crippen molar-refractivity contribution in [2.45, 2.75) is 51.5 Å². The van der Waals surface area contributed by atoms with Crippen LogP contribution in [0.3, 0.4) is 0 Å². The van der Waals surface area contributed by atoms with Crippen LogP contribution in [-0.4, -0.2) is 14.8 Å². The topological polar surface area (TPSA) is 30.7 Å².